The van der Waals surface area contributed by atoms with Crippen molar-refractivity contribution in [2.24, 2.45) is 0 Å². The number of anilines is 2. The van der Waals surface area contributed by atoms with E-state index in [0.717, 1.165) is 30.5 Å². The van der Waals surface area contributed by atoms with Gasteiger partial charge in [-0.25, -0.2) is 19.4 Å². The topological polar surface area (TPSA) is 180 Å². The fourth-order valence-electron chi connectivity index (χ4n) is 6.77. The van der Waals surface area contributed by atoms with E-state index < -0.39 is 24.3 Å². The molecule has 5 aromatic rings. The Balaban J connectivity index is 0.000000664. The van der Waals surface area contributed by atoms with Gasteiger partial charge in [0.2, 0.25) is 11.7 Å². The zero-order valence-electron chi connectivity index (χ0n) is 31.7. The molecule has 0 spiro atoms. The molecule has 16 nitrogen and oxygen atoms in total. The summed E-state index contributed by atoms with van der Waals surface area (Å²) in [5, 5.41) is 11.8. The van der Waals surface area contributed by atoms with Gasteiger partial charge in [-0.3, -0.25) is 19.0 Å². The van der Waals surface area contributed by atoms with E-state index in [1.807, 2.05) is 29.2 Å². The van der Waals surface area contributed by atoms with Crippen molar-refractivity contribution < 1.29 is 41.4 Å². The van der Waals surface area contributed by atoms with Gasteiger partial charge >= 0.3 is 18.3 Å². The molecule has 2 aliphatic rings. The first-order valence-electron chi connectivity index (χ1n) is 18.5. The number of nitrogens with one attached hydrogen (secondary N) is 1. The third-order valence-corrected chi connectivity index (χ3v) is 9.75. The highest BCUT2D eigenvalue weighted by molar-refractivity contribution is 6.31. The Bertz CT molecular complexity index is 2350. The van der Waals surface area contributed by atoms with Gasteiger partial charge in [-0.1, -0.05) is 53.4 Å². The molecule has 2 aromatic carbocycles. The van der Waals surface area contributed by atoms with Crippen molar-refractivity contribution in [3.05, 3.63) is 99.1 Å². The van der Waals surface area contributed by atoms with E-state index in [9.17, 15) is 32.3 Å². The lowest BCUT2D eigenvalue weighted by Gasteiger charge is -2.41. The number of halogens is 5. The standard InChI is InChI=1S/C35H35Cl2N9O5.C3H3F3O2/c1-2-50-34(49)30-18-39-35(51-30)43-13-14-44-24-8-6-7-22(15-24)27(9-4-3-5-12-38-33(48)29(44)19-43)45-21-40-26(17-32(45)47)25-16-23(36)10-11-28(25)46-20-31(37)41-42-46;1-2(7)8-3(4,5)6/h6-8,10-11,15-18,20-21,27,29H,2-5,9,12-14,19H2,1H3,(H,38,48);1H3/t27-,29+;/m0./s1. The fourth-order valence-corrected chi connectivity index (χ4v) is 7.07. The van der Waals surface area contributed by atoms with Crippen LogP contribution in [0.25, 0.3) is 16.9 Å². The van der Waals surface area contributed by atoms with Gasteiger partial charge in [-0.05, 0) is 55.7 Å². The predicted octanol–water partition coefficient (Wildman–Crippen LogP) is 6.01. The first kappa shape index (κ1) is 42.7. The van der Waals surface area contributed by atoms with Crippen LogP contribution in [0.15, 0.2) is 76.5 Å². The molecule has 0 unspecified atom stereocenters. The highest BCUT2D eigenvalue weighted by atomic mass is 35.5. The Labute approximate surface area is 344 Å². The number of benzene rings is 2. The largest absolute Gasteiger partial charge is 0.575 e. The maximum Gasteiger partial charge on any atom is 0.575 e. The lowest BCUT2D eigenvalue weighted by atomic mass is 9.98. The Morgan fingerprint density at radius 3 is 2.53 bits per heavy atom. The van der Waals surface area contributed by atoms with Crippen LogP contribution >= 0.6 is 23.2 Å². The second kappa shape index (κ2) is 18.8. The van der Waals surface area contributed by atoms with Crippen molar-refractivity contribution in [3.8, 4) is 16.9 Å². The van der Waals surface area contributed by atoms with Crippen molar-refractivity contribution in [1.82, 2.24) is 34.8 Å². The highest BCUT2D eigenvalue weighted by Gasteiger charge is 2.35. The molecule has 1 N–H and O–H groups in total. The van der Waals surface area contributed by atoms with Gasteiger partial charge in [0.1, 0.15) is 6.04 Å². The minimum absolute atomic E-state index is 0.0123. The van der Waals surface area contributed by atoms with E-state index in [1.54, 1.807) is 42.2 Å². The summed E-state index contributed by atoms with van der Waals surface area (Å²) in [6.07, 6.45) is 2.84. The first-order valence-corrected chi connectivity index (χ1v) is 19.2. The Kier molecular flexibility index (Phi) is 13.6. The fraction of sp³-hybridized carbons (Fsp3) is 0.368. The number of ether oxygens (including phenoxy) is 2. The first-order chi connectivity index (χ1) is 28.2. The molecule has 2 bridgehead atoms. The molecule has 0 radical (unpaired) electrons. The zero-order chi connectivity index (χ0) is 42.3. The number of piperazine rings is 1. The van der Waals surface area contributed by atoms with Crippen LogP contribution in [0.2, 0.25) is 10.2 Å². The second-order valence-electron chi connectivity index (χ2n) is 13.3. The van der Waals surface area contributed by atoms with Gasteiger partial charge < -0.3 is 29.0 Å². The Morgan fingerprint density at radius 2 is 1.83 bits per heavy atom. The molecule has 1 amide bonds. The van der Waals surface area contributed by atoms with E-state index in [2.05, 4.69) is 30.2 Å². The maximum absolute atomic E-state index is 13.9. The van der Waals surface area contributed by atoms with Crippen molar-refractivity contribution in [3.63, 3.8) is 0 Å². The van der Waals surface area contributed by atoms with E-state index in [1.165, 1.54) is 16.9 Å². The molecule has 21 heteroatoms. The summed E-state index contributed by atoms with van der Waals surface area (Å²) in [6.45, 7) is 4.42. The number of fused-ring (bicyclic) bond motifs is 4. The van der Waals surface area contributed by atoms with Gasteiger partial charge in [0.05, 0.1) is 49.3 Å². The summed E-state index contributed by atoms with van der Waals surface area (Å²) in [7, 11) is 0. The Hall–Kier alpha value is -5.95. The average molecular weight is 861 g/mol. The molecule has 5 heterocycles. The second-order valence-corrected chi connectivity index (χ2v) is 14.2. The molecule has 3 aromatic heterocycles. The van der Waals surface area contributed by atoms with E-state index in [4.69, 9.17) is 37.3 Å². The molecule has 1 fully saturated rings. The van der Waals surface area contributed by atoms with Crippen LogP contribution in [0.4, 0.5) is 24.9 Å². The smallest absolute Gasteiger partial charge is 0.460 e. The van der Waals surface area contributed by atoms with Gasteiger partial charge in [0.15, 0.2) is 5.15 Å². The summed E-state index contributed by atoms with van der Waals surface area (Å²) in [4.78, 5) is 62.2. The minimum Gasteiger partial charge on any atom is -0.460 e. The minimum atomic E-state index is -4.83. The van der Waals surface area contributed by atoms with Crippen LogP contribution in [0.5, 0.6) is 0 Å². The summed E-state index contributed by atoms with van der Waals surface area (Å²) in [6, 6.07) is 14.1. The molecule has 2 atom stereocenters. The number of carbonyl (C=O) groups excluding carboxylic acids is 3. The van der Waals surface area contributed by atoms with Gasteiger partial charge in [-0.2, -0.15) is 0 Å². The van der Waals surface area contributed by atoms with Crippen molar-refractivity contribution in [2.45, 2.75) is 58.0 Å². The van der Waals surface area contributed by atoms with Gasteiger partial charge in [0.25, 0.3) is 11.6 Å². The van der Waals surface area contributed by atoms with Crippen LogP contribution in [-0.4, -0.2) is 92.6 Å². The van der Waals surface area contributed by atoms with Crippen molar-refractivity contribution in [1.29, 1.82) is 0 Å². The number of hydrogen-bond acceptors (Lipinski definition) is 13. The van der Waals surface area contributed by atoms with Crippen LogP contribution in [-0.2, 0) is 19.1 Å². The third kappa shape index (κ3) is 10.8. The number of nitrogens with zero attached hydrogens (tertiary/aromatic N) is 8. The van der Waals surface area contributed by atoms with Crippen LogP contribution in [0, 0.1) is 0 Å². The van der Waals surface area contributed by atoms with Crippen LogP contribution < -0.4 is 20.7 Å². The van der Waals surface area contributed by atoms with Crippen molar-refractivity contribution in [2.75, 3.05) is 42.6 Å². The summed E-state index contributed by atoms with van der Waals surface area (Å²) in [5.41, 5.74) is 3.22. The number of rotatable bonds is 6. The molecule has 7 rings (SSSR count). The van der Waals surface area contributed by atoms with Crippen LogP contribution in [0.1, 0.15) is 61.7 Å². The molecule has 1 saturated heterocycles. The monoisotopic (exact) mass is 859 g/mol. The summed E-state index contributed by atoms with van der Waals surface area (Å²) >= 11 is 12.4. The summed E-state index contributed by atoms with van der Waals surface area (Å²) in [5.74, 6) is -2.03. The normalized spacial score (nSPS) is 17.2. The SMILES string of the molecule is CC(=O)OC(F)(F)F.CCOC(=O)c1cnc(N2CCN3c4cccc(c4)[C@@H](n4cnc(-c5cc(Cl)ccc5-n5cc(Cl)nn5)cc4=O)CCCCCNC(=O)[C@H]3C2)o1. The lowest BCUT2D eigenvalue weighted by molar-refractivity contribution is -0.304. The summed E-state index contributed by atoms with van der Waals surface area (Å²) < 4.78 is 49.3. The maximum atomic E-state index is 13.9. The predicted molar refractivity (Wildman–Crippen MR) is 209 cm³/mol. The van der Waals surface area contributed by atoms with E-state index in [-0.39, 0.29) is 41.0 Å². The third-order valence-electron chi connectivity index (χ3n) is 9.34. The number of amides is 1. The zero-order valence-corrected chi connectivity index (χ0v) is 33.2. The van der Waals surface area contributed by atoms with Crippen LogP contribution in [0.3, 0.4) is 0 Å². The van der Waals surface area contributed by atoms with E-state index >= 15 is 0 Å². The number of aromatic nitrogens is 6. The van der Waals surface area contributed by atoms with Gasteiger partial charge in [-0.15, -0.1) is 18.3 Å². The van der Waals surface area contributed by atoms with Gasteiger partial charge in [0, 0.05) is 48.9 Å². The Morgan fingerprint density at radius 1 is 1.02 bits per heavy atom. The number of esters is 2. The number of alkyl halides is 3. The number of oxazole rings is 1. The van der Waals surface area contributed by atoms with E-state index in [0.29, 0.717) is 61.5 Å². The van der Waals surface area contributed by atoms with Crippen molar-refractivity contribution >= 4 is 52.7 Å². The molecule has 59 heavy (non-hydrogen) atoms. The molecular formula is C38H38Cl2F3N9O7. The molecule has 0 aliphatic carbocycles. The number of hydrogen-bond donors (Lipinski definition) is 1. The highest BCUT2D eigenvalue weighted by Crippen LogP contribution is 2.32. The molecule has 0 saturated carbocycles. The number of carbonyl (C=O) groups is 3. The molecular weight excluding hydrogens is 822 g/mol. The molecule has 2 aliphatic heterocycles. The average Bonchev–Trinajstić information content (AvgIpc) is 3.87. The quantitative estimate of drug-likeness (QED) is 0.197. The molecule has 312 valence electrons. The lowest BCUT2D eigenvalue weighted by Crippen LogP contribution is -2.59.